The van der Waals surface area contributed by atoms with Crippen LogP contribution in [0.4, 0.5) is 11.8 Å². The summed E-state index contributed by atoms with van der Waals surface area (Å²) in [4.78, 5) is 40.1. The molecule has 0 spiro atoms. The van der Waals surface area contributed by atoms with Gasteiger partial charge in [0.25, 0.3) is 5.56 Å². The minimum absolute atomic E-state index is 0.0845. The minimum Gasteiger partial charge on any atom is -0.378 e. The summed E-state index contributed by atoms with van der Waals surface area (Å²) in [5.41, 5.74) is 1.25. The lowest BCUT2D eigenvalue weighted by atomic mass is 10.2. The number of para-hydroxylation sites is 1. The topological polar surface area (TPSA) is 114 Å². The molecule has 4 rings (SSSR count). The van der Waals surface area contributed by atoms with Crippen LogP contribution in [0.5, 0.6) is 0 Å². The highest BCUT2D eigenvalue weighted by molar-refractivity contribution is 5.78. The van der Waals surface area contributed by atoms with Gasteiger partial charge in [0.05, 0.1) is 30.4 Å². The maximum atomic E-state index is 12.5. The molecule has 0 unspecified atom stereocenters. The molecule has 0 aliphatic carbocycles. The molecule has 31 heavy (non-hydrogen) atoms. The molecular weight excluding hydrogens is 398 g/mol. The highest BCUT2D eigenvalue weighted by Gasteiger charge is 2.14. The lowest BCUT2D eigenvalue weighted by Gasteiger charge is -2.28. The van der Waals surface area contributed by atoms with Gasteiger partial charge in [-0.1, -0.05) is 12.1 Å². The summed E-state index contributed by atoms with van der Waals surface area (Å²) in [6, 6.07) is 9.02. The Kier molecular flexibility index (Phi) is 6.37. The van der Waals surface area contributed by atoms with Crippen LogP contribution in [-0.4, -0.2) is 64.8 Å². The Labute approximate surface area is 179 Å². The van der Waals surface area contributed by atoms with E-state index in [-0.39, 0.29) is 18.0 Å². The Hall–Kier alpha value is -3.53. The van der Waals surface area contributed by atoms with Crippen LogP contribution >= 0.6 is 0 Å². The van der Waals surface area contributed by atoms with Crippen LogP contribution in [0.1, 0.15) is 5.69 Å². The third-order valence-electron chi connectivity index (χ3n) is 4.95. The van der Waals surface area contributed by atoms with Gasteiger partial charge in [-0.15, -0.1) is 0 Å². The molecule has 1 aromatic carbocycles. The van der Waals surface area contributed by atoms with Crippen LogP contribution in [0.15, 0.2) is 41.5 Å². The van der Waals surface area contributed by atoms with Crippen molar-refractivity contribution in [3.8, 4) is 0 Å². The molecular formula is C21H25N7O3. The average Bonchev–Trinajstić information content (AvgIpc) is 2.79. The molecule has 0 saturated carbocycles. The molecule has 1 amide bonds. The van der Waals surface area contributed by atoms with Crippen molar-refractivity contribution >= 4 is 28.6 Å². The average molecular weight is 423 g/mol. The molecule has 0 radical (unpaired) electrons. The molecule has 1 aliphatic heterocycles. The number of benzene rings is 1. The van der Waals surface area contributed by atoms with E-state index in [9.17, 15) is 9.59 Å². The standard InChI is InChI=1S/C21H25N7O3/c1-15-12-18(27-8-10-31-11-9-27)26-21(25-15)23-7-6-22-19(29)13-28-14-24-17-5-3-2-4-16(17)20(28)30/h2-5,12,14H,6-11,13H2,1H3,(H,22,29)(H,23,25,26). The molecule has 2 N–H and O–H groups in total. The summed E-state index contributed by atoms with van der Waals surface area (Å²) in [6.45, 7) is 5.65. The van der Waals surface area contributed by atoms with E-state index in [1.807, 2.05) is 19.1 Å². The van der Waals surface area contributed by atoms with E-state index in [2.05, 4.69) is 30.5 Å². The molecule has 162 valence electrons. The van der Waals surface area contributed by atoms with E-state index in [1.165, 1.54) is 10.9 Å². The quantitative estimate of drug-likeness (QED) is 0.530. The van der Waals surface area contributed by atoms with Gasteiger partial charge in [-0.25, -0.2) is 9.97 Å². The zero-order valence-corrected chi connectivity index (χ0v) is 17.4. The van der Waals surface area contributed by atoms with E-state index in [0.717, 1.165) is 24.6 Å². The highest BCUT2D eigenvalue weighted by Crippen LogP contribution is 2.16. The summed E-state index contributed by atoms with van der Waals surface area (Å²) in [5, 5.41) is 6.43. The van der Waals surface area contributed by atoms with Gasteiger partial charge in [-0.05, 0) is 19.1 Å². The van der Waals surface area contributed by atoms with Crippen LogP contribution in [0.25, 0.3) is 10.9 Å². The summed E-state index contributed by atoms with van der Waals surface area (Å²) in [7, 11) is 0. The fraction of sp³-hybridized carbons (Fsp3) is 0.381. The maximum absolute atomic E-state index is 12.5. The van der Waals surface area contributed by atoms with Gasteiger partial charge in [0.1, 0.15) is 12.4 Å². The lowest BCUT2D eigenvalue weighted by Crippen LogP contribution is -2.37. The number of hydrogen-bond acceptors (Lipinski definition) is 8. The molecule has 10 heteroatoms. The Morgan fingerprint density at radius 1 is 1.16 bits per heavy atom. The second-order valence-corrected chi connectivity index (χ2v) is 7.26. The van der Waals surface area contributed by atoms with Crippen LogP contribution in [0, 0.1) is 6.92 Å². The second-order valence-electron chi connectivity index (χ2n) is 7.26. The van der Waals surface area contributed by atoms with E-state index < -0.39 is 0 Å². The lowest BCUT2D eigenvalue weighted by molar-refractivity contribution is -0.121. The number of carbonyl (C=O) groups excluding carboxylic acids is 1. The summed E-state index contributed by atoms with van der Waals surface area (Å²) < 4.78 is 6.70. The van der Waals surface area contributed by atoms with Crippen LogP contribution in [-0.2, 0) is 16.1 Å². The summed E-state index contributed by atoms with van der Waals surface area (Å²) in [5.74, 6) is 1.12. The Morgan fingerprint density at radius 2 is 1.97 bits per heavy atom. The maximum Gasteiger partial charge on any atom is 0.261 e. The summed E-state index contributed by atoms with van der Waals surface area (Å²) >= 11 is 0. The number of aromatic nitrogens is 4. The predicted octanol–water partition coefficient (Wildman–Crippen LogP) is 0.560. The first-order valence-electron chi connectivity index (χ1n) is 10.2. The van der Waals surface area contributed by atoms with Crippen molar-refractivity contribution in [3.63, 3.8) is 0 Å². The second kappa shape index (κ2) is 9.52. The number of rotatable bonds is 7. The number of aryl methyl sites for hydroxylation is 1. The fourth-order valence-electron chi connectivity index (χ4n) is 3.39. The number of anilines is 2. The van der Waals surface area contributed by atoms with E-state index >= 15 is 0 Å². The normalized spacial score (nSPS) is 13.9. The largest absolute Gasteiger partial charge is 0.378 e. The molecule has 0 atom stereocenters. The third-order valence-corrected chi connectivity index (χ3v) is 4.95. The number of fused-ring (bicyclic) bond motifs is 1. The first-order chi connectivity index (χ1) is 15.1. The highest BCUT2D eigenvalue weighted by atomic mass is 16.5. The number of morpholine rings is 1. The minimum atomic E-state index is -0.264. The van der Waals surface area contributed by atoms with Gasteiger partial charge in [0, 0.05) is 37.9 Å². The number of amides is 1. The van der Waals surface area contributed by atoms with Crippen molar-refractivity contribution < 1.29 is 9.53 Å². The van der Waals surface area contributed by atoms with Gasteiger partial charge >= 0.3 is 0 Å². The van der Waals surface area contributed by atoms with Crippen LogP contribution < -0.4 is 21.1 Å². The molecule has 2 aromatic heterocycles. The summed E-state index contributed by atoms with van der Waals surface area (Å²) in [6.07, 6.45) is 1.40. The third kappa shape index (κ3) is 5.15. The van der Waals surface area contributed by atoms with Gasteiger partial charge in [-0.3, -0.25) is 14.2 Å². The Balaban J connectivity index is 1.29. The molecule has 1 aliphatic rings. The molecule has 1 saturated heterocycles. The number of nitrogens with zero attached hydrogens (tertiary/aromatic N) is 5. The Morgan fingerprint density at radius 3 is 2.81 bits per heavy atom. The smallest absolute Gasteiger partial charge is 0.261 e. The number of hydrogen-bond donors (Lipinski definition) is 2. The van der Waals surface area contributed by atoms with E-state index in [1.54, 1.807) is 18.2 Å². The van der Waals surface area contributed by atoms with Gasteiger partial charge < -0.3 is 20.3 Å². The monoisotopic (exact) mass is 423 g/mol. The first kappa shape index (κ1) is 20.7. The van der Waals surface area contributed by atoms with E-state index in [0.29, 0.717) is 43.2 Å². The predicted molar refractivity (Wildman–Crippen MR) is 117 cm³/mol. The van der Waals surface area contributed by atoms with Crippen LogP contribution in [0.2, 0.25) is 0 Å². The zero-order valence-electron chi connectivity index (χ0n) is 17.4. The number of nitrogens with one attached hydrogen (secondary N) is 2. The Bertz CT molecular complexity index is 1130. The molecule has 3 heterocycles. The van der Waals surface area contributed by atoms with Crippen molar-refractivity contribution in [3.05, 3.63) is 52.7 Å². The van der Waals surface area contributed by atoms with Crippen molar-refractivity contribution in [1.82, 2.24) is 24.8 Å². The SMILES string of the molecule is Cc1cc(N2CCOCC2)nc(NCCNC(=O)Cn2cnc3ccccc3c2=O)n1. The molecule has 10 nitrogen and oxygen atoms in total. The van der Waals surface area contributed by atoms with Gasteiger partial charge in [-0.2, -0.15) is 4.98 Å². The molecule has 3 aromatic rings. The van der Waals surface area contributed by atoms with Crippen molar-refractivity contribution in [1.29, 1.82) is 0 Å². The first-order valence-corrected chi connectivity index (χ1v) is 10.2. The number of ether oxygens (including phenoxy) is 1. The zero-order chi connectivity index (χ0) is 21.6. The van der Waals surface area contributed by atoms with Gasteiger partial charge in [0.2, 0.25) is 11.9 Å². The van der Waals surface area contributed by atoms with Crippen LogP contribution in [0.3, 0.4) is 0 Å². The van der Waals surface area contributed by atoms with Crippen molar-refractivity contribution in [2.45, 2.75) is 13.5 Å². The van der Waals surface area contributed by atoms with Crippen molar-refractivity contribution in [2.24, 2.45) is 0 Å². The van der Waals surface area contributed by atoms with Crippen molar-refractivity contribution in [2.75, 3.05) is 49.6 Å². The van der Waals surface area contributed by atoms with Gasteiger partial charge in [0.15, 0.2) is 0 Å². The molecule has 1 fully saturated rings. The number of carbonyl (C=O) groups is 1. The van der Waals surface area contributed by atoms with E-state index in [4.69, 9.17) is 4.74 Å². The molecule has 0 bridgehead atoms. The fourth-order valence-corrected chi connectivity index (χ4v) is 3.39.